The predicted octanol–water partition coefficient (Wildman–Crippen LogP) is -1.08. The van der Waals surface area contributed by atoms with Crippen molar-refractivity contribution < 1.29 is 47.6 Å². The summed E-state index contributed by atoms with van der Waals surface area (Å²) < 4.78 is 37.0. The van der Waals surface area contributed by atoms with E-state index in [9.17, 15) is 24.2 Å². The van der Waals surface area contributed by atoms with E-state index in [0.717, 1.165) is 0 Å². The maximum Gasteiger partial charge on any atom is 0.481 e. The Morgan fingerprint density at radius 3 is 2.64 bits per heavy atom. The number of ether oxygens (including phenoxy) is 1. The number of H-pyrrole nitrogens is 1. The summed E-state index contributed by atoms with van der Waals surface area (Å²) in [5.74, 6) is -0.0250. The fourth-order valence-electron chi connectivity index (χ4n) is 2.57. The topological polar surface area (TPSA) is 235 Å². The number of phosphoric acid groups is 2. The second-order valence-corrected chi connectivity index (χ2v) is 8.88. The van der Waals surface area contributed by atoms with Crippen LogP contribution in [-0.2, 0) is 22.7 Å². The van der Waals surface area contributed by atoms with Crippen molar-refractivity contribution in [1.82, 2.24) is 19.5 Å². The normalized spacial score (nSPS) is 27.9. The molecule has 0 spiro atoms. The number of nitrogen functional groups attached to an aromatic ring is 1. The number of fused-ring (bicyclic) bond motifs is 1. The smallest absolute Gasteiger partial charge is 0.387 e. The van der Waals surface area contributed by atoms with Crippen molar-refractivity contribution in [2.24, 2.45) is 0 Å². The second kappa shape index (κ2) is 7.51. The van der Waals surface area contributed by atoms with Gasteiger partial charge in [0.1, 0.15) is 29.5 Å². The molecule has 2 aromatic rings. The van der Waals surface area contributed by atoms with E-state index >= 15 is 0 Å². The first kappa shape index (κ1) is 21.4. The minimum Gasteiger partial charge on any atom is -0.387 e. The van der Waals surface area contributed by atoms with Crippen LogP contribution >= 0.6 is 27.9 Å². The van der Waals surface area contributed by atoms with Gasteiger partial charge < -0.3 is 40.3 Å². The summed E-state index contributed by atoms with van der Waals surface area (Å²) in [7, 11) is -10.4. The van der Waals surface area contributed by atoms with E-state index in [1.807, 2.05) is 0 Å². The number of hydrogen-bond acceptors (Lipinski definition) is 11. The number of aromatic nitrogens is 4. The summed E-state index contributed by atoms with van der Waals surface area (Å²) in [6, 6.07) is 0. The van der Waals surface area contributed by atoms with Crippen molar-refractivity contribution in [3.63, 3.8) is 0 Å². The van der Waals surface area contributed by atoms with E-state index < -0.39 is 46.8 Å². The second-order valence-electron chi connectivity index (χ2n) is 5.66. The third-order valence-electron chi connectivity index (χ3n) is 3.69. The number of rotatable bonds is 6. The molecule has 0 saturated carbocycles. The first-order valence-corrected chi connectivity index (χ1v) is 10.8. The minimum absolute atomic E-state index is 0.0250. The molecule has 2 aromatic heterocycles. The number of hydrogen-bond donors (Lipinski definition) is 7. The molecule has 0 amide bonds. The minimum atomic E-state index is -5.30. The van der Waals surface area contributed by atoms with Gasteiger partial charge in [-0.25, -0.2) is 19.1 Å². The molecule has 15 nitrogen and oxygen atoms in total. The molecule has 3 heterocycles. The number of nitrogens with one attached hydrogen (secondary N) is 1. The fourth-order valence-corrected chi connectivity index (χ4v) is 4.42. The van der Waals surface area contributed by atoms with Crippen LogP contribution in [0.1, 0.15) is 6.23 Å². The predicted molar refractivity (Wildman–Crippen MR) is 92.0 cm³/mol. The van der Waals surface area contributed by atoms with Gasteiger partial charge in [-0.15, -0.1) is 0 Å². The fraction of sp³-hybridized carbons (Fsp3) is 0.500. The Balaban J connectivity index is 1.79. The Bertz CT molecular complexity index is 1040. The monoisotopic (exact) mass is 462 g/mol. The van der Waals surface area contributed by atoms with Gasteiger partial charge in [0, 0.05) is 0 Å². The Morgan fingerprint density at radius 2 is 2.00 bits per heavy atom. The van der Waals surface area contributed by atoms with Crippen LogP contribution in [0.5, 0.6) is 0 Å². The van der Waals surface area contributed by atoms with Gasteiger partial charge >= 0.3 is 15.6 Å². The Labute approximate surface area is 160 Å². The molecule has 5 atom stereocenters. The van der Waals surface area contributed by atoms with Crippen LogP contribution in [0, 0.1) is 4.64 Å². The summed E-state index contributed by atoms with van der Waals surface area (Å²) in [6.07, 6.45) is -4.43. The van der Waals surface area contributed by atoms with Gasteiger partial charge in [-0.2, -0.15) is 4.31 Å². The highest BCUT2D eigenvalue weighted by Gasteiger charge is 2.45. The van der Waals surface area contributed by atoms with E-state index in [-0.39, 0.29) is 21.8 Å². The highest BCUT2D eigenvalue weighted by atomic mass is 32.1. The molecule has 8 N–H and O–H groups in total. The van der Waals surface area contributed by atoms with Crippen molar-refractivity contribution in [3.8, 4) is 0 Å². The Morgan fingerprint density at radius 1 is 1.32 bits per heavy atom. The molecule has 0 bridgehead atoms. The van der Waals surface area contributed by atoms with Crippen LogP contribution in [0.25, 0.3) is 11.2 Å². The largest absolute Gasteiger partial charge is 0.481 e. The summed E-state index contributed by atoms with van der Waals surface area (Å²) in [5.41, 5.74) is 6.10. The van der Waals surface area contributed by atoms with Crippen molar-refractivity contribution in [3.05, 3.63) is 11.0 Å². The van der Waals surface area contributed by atoms with Crippen LogP contribution in [0.3, 0.4) is 0 Å². The first-order valence-electron chi connectivity index (χ1n) is 7.36. The zero-order valence-electron chi connectivity index (χ0n) is 13.6. The Hall–Kier alpha value is -1.29. The van der Waals surface area contributed by atoms with E-state index in [0.29, 0.717) is 0 Å². The van der Waals surface area contributed by atoms with Gasteiger partial charge in [-0.3, -0.25) is 9.09 Å². The maximum absolute atomic E-state index is 11.5. The highest BCUT2D eigenvalue weighted by Crippen LogP contribution is 2.57. The van der Waals surface area contributed by atoms with Crippen molar-refractivity contribution in [2.75, 3.05) is 12.3 Å². The molecule has 0 radical (unpaired) electrons. The van der Waals surface area contributed by atoms with E-state index in [1.54, 1.807) is 0 Å². The molecule has 1 saturated heterocycles. The maximum atomic E-state index is 11.5. The lowest BCUT2D eigenvalue weighted by Gasteiger charge is -2.17. The third kappa shape index (κ3) is 4.48. The molecule has 18 heteroatoms. The van der Waals surface area contributed by atoms with Gasteiger partial charge in [-0.1, -0.05) is 12.2 Å². The van der Waals surface area contributed by atoms with Crippen LogP contribution in [-0.4, -0.2) is 69.3 Å². The van der Waals surface area contributed by atoms with Crippen LogP contribution < -0.4 is 5.73 Å². The van der Waals surface area contributed by atoms with Crippen molar-refractivity contribution in [1.29, 1.82) is 0 Å². The number of nitrogens with two attached hydrogens (primary N) is 1. The highest BCUT2D eigenvalue weighted by molar-refractivity contribution is 7.71. The first-order chi connectivity index (χ1) is 12.9. The number of aromatic amines is 1. The lowest BCUT2D eigenvalue weighted by molar-refractivity contribution is -0.0503. The molecule has 1 unspecified atom stereocenters. The molecule has 0 aliphatic carbocycles. The van der Waals surface area contributed by atoms with Crippen LogP contribution in [0.15, 0.2) is 6.33 Å². The molecule has 1 aliphatic rings. The van der Waals surface area contributed by atoms with Gasteiger partial charge in [0.25, 0.3) is 0 Å². The van der Waals surface area contributed by atoms with E-state index in [4.69, 9.17) is 32.5 Å². The number of nitrogens with zero attached hydrogens (tertiary/aromatic N) is 3. The summed E-state index contributed by atoms with van der Waals surface area (Å²) in [6.45, 7) is -0.825. The van der Waals surface area contributed by atoms with Crippen LogP contribution in [0.2, 0.25) is 0 Å². The summed E-state index contributed by atoms with van der Waals surface area (Å²) in [5, 5.41) is 20.4. The SMILES string of the molecule is [15NH2][13c]1[nH]c2c(ncn2[C@@H]2O[C@H](COP(=O)(O)OP(=O)(O)O)[C@@H](O)[C@H]2O)c(=S)[15n]1. The number of aliphatic hydroxyl groups is 2. The van der Waals surface area contributed by atoms with E-state index in [2.05, 4.69) is 23.8 Å². The Kier molecular flexibility index (Phi) is 5.75. The van der Waals surface area contributed by atoms with Gasteiger partial charge in [0.05, 0.1) is 12.9 Å². The van der Waals surface area contributed by atoms with Crippen molar-refractivity contribution in [2.45, 2.75) is 24.5 Å². The molecule has 156 valence electrons. The van der Waals surface area contributed by atoms with Gasteiger partial charge in [0.2, 0.25) is 0 Å². The number of phosphoric ester groups is 1. The molecular formula is C10H15N5O10P2S. The summed E-state index contributed by atoms with van der Waals surface area (Å²) in [4.78, 5) is 37.0. The quantitative estimate of drug-likeness (QED) is 0.154. The zero-order valence-corrected chi connectivity index (χ0v) is 16.2. The molecule has 1 aliphatic heterocycles. The molecule has 3 rings (SSSR count). The average Bonchev–Trinajstić information content (AvgIpc) is 3.06. The third-order valence-corrected chi connectivity index (χ3v) is 6.12. The molecular weight excluding hydrogens is 447 g/mol. The van der Waals surface area contributed by atoms with Gasteiger partial charge in [-0.05, 0) is 0 Å². The summed E-state index contributed by atoms with van der Waals surface area (Å²) >= 11 is 5.03. The zero-order chi connectivity index (χ0) is 20.9. The lowest BCUT2D eigenvalue weighted by atomic mass is 10.1. The number of aliphatic hydroxyl groups excluding tert-OH is 2. The lowest BCUT2D eigenvalue weighted by Crippen LogP contribution is -2.33. The average molecular weight is 462 g/mol. The molecule has 28 heavy (non-hydrogen) atoms. The standard InChI is InChI=1S/C10H15N5O10P2S/c11-10-13-7-4(8(28)14-10)12-2-15(7)9-6(17)5(16)3(24-9)1-23-27(21,22)25-26(18,19)20/h2-3,5-6,9,16-17H,1H2,(H,21,22)(H2,18,19,20)(H3,11,13,14,28)/t3-,5-,6-,9-/m1/s1/i10+1,11+1,14+1. The number of imidazole rings is 1. The van der Waals surface area contributed by atoms with Crippen LogP contribution in [0.4, 0.5) is 5.95 Å². The molecule has 0 aromatic carbocycles. The van der Waals surface area contributed by atoms with Crippen molar-refractivity contribution >= 4 is 45.0 Å². The number of anilines is 1. The molecule has 1 fully saturated rings. The van der Waals surface area contributed by atoms with E-state index in [1.165, 1.54) is 10.9 Å². The van der Waals surface area contributed by atoms with Gasteiger partial charge in [0.15, 0.2) is 16.8 Å².